The second kappa shape index (κ2) is 8.45. The van der Waals surface area contributed by atoms with Crippen molar-refractivity contribution in [3.8, 4) is 11.5 Å². The number of aromatic nitrogens is 2. The molecule has 29 heavy (non-hydrogen) atoms. The molecule has 0 unspecified atom stereocenters. The molecule has 2 aliphatic rings. The molecule has 0 bridgehead atoms. The Bertz CT molecular complexity index is 871. The molecular weight excluding hydrogens is 368 g/mol. The van der Waals surface area contributed by atoms with E-state index < -0.39 is 0 Å². The summed E-state index contributed by atoms with van der Waals surface area (Å²) in [5.41, 5.74) is 3.69. The van der Waals surface area contributed by atoms with Gasteiger partial charge in [-0.2, -0.15) is 5.10 Å². The van der Waals surface area contributed by atoms with Crippen molar-refractivity contribution in [2.75, 3.05) is 27.3 Å². The molecule has 1 aromatic heterocycles. The maximum atomic E-state index is 13.0. The minimum atomic E-state index is -0.100. The van der Waals surface area contributed by atoms with Crippen LogP contribution in [-0.2, 0) is 18.4 Å². The molecule has 156 valence electrons. The molecule has 0 spiro atoms. The van der Waals surface area contributed by atoms with E-state index in [9.17, 15) is 4.79 Å². The Hall–Kier alpha value is -2.54. The molecule has 3 N–H and O–H groups in total. The largest absolute Gasteiger partial charge is 0.493 e. The highest BCUT2D eigenvalue weighted by Gasteiger charge is 2.35. The highest BCUT2D eigenvalue weighted by atomic mass is 16.5. The van der Waals surface area contributed by atoms with E-state index in [-0.39, 0.29) is 11.3 Å². The molecule has 1 aliphatic heterocycles. The van der Waals surface area contributed by atoms with E-state index in [4.69, 9.17) is 9.47 Å². The number of benzene rings is 1. The lowest BCUT2D eigenvalue weighted by Crippen LogP contribution is -2.42. The van der Waals surface area contributed by atoms with E-state index in [1.54, 1.807) is 14.2 Å². The van der Waals surface area contributed by atoms with Gasteiger partial charge in [0.25, 0.3) is 5.91 Å². The summed E-state index contributed by atoms with van der Waals surface area (Å²) in [7, 11) is 3.30. The van der Waals surface area contributed by atoms with Crippen molar-refractivity contribution in [1.29, 1.82) is 0 Å². The first-order valence-corrected chi connectivity index (χ1v) is 10.4. The third-order valence-electron chi connectivity index (χ3n) is 6.42. The van der Waals surface area contributed by atoms with Crippen LogP contribution >= 0.6 is 0 Å². The summed E-state index contributed by atoms with van der Waals surface area (Å²) < 4.78 is 10.9. The van der Waals surface area contributed by atoms with Crippen LogP contribution in [-0.4, -0.2) is 43.4 Å². The summed E-state index contributed by atoms with van der Waals surface area (Å²) in [4.78, 5) is 13.0. The lowest BCUT2D eigenvalue weighted by atomic mass is 9.69. The first-order chi connectivity index (χ1) is 14.2. The van der Waals surface area contributed by atoms with E-state index in [2.05, 4.69) is 33.0 Å². The molecule has 2 aromatic rings. The molecule has 7 nitrogen and oxygen atoms in total. The summed E-state index contributed by atoms with van der Waals surface area (Å²) in [6.45, 7) is 2.20. The Morgan fingerprint density at radius 1 is 1.17 bits per heavy atom. The Kier molecular flexibility index (Phi) is 5.76. The summed E-state index contributed by atoms with van der Waals surface area (Å²) in [5.74, 6) is 1.35. The normalized spacial score (nSPS) is 18.0. The highest BCUT2D eigenvalue weighted by Crippen LogP contribution is 2.42. The SMILES string of the molecule is COc1ccc(C2(CNC(=O)c3n[nH]c4c3CNCC4)CCCCC2)cc1OC. The number of hydrogen-bond acceptors (Lipinski definition) is 5. The van der Waals surface area contributed by atoms with Gasteiger partial charge in [0.2, 0.25) is 0 Å². The lowest BCUT2D eigenvalue weighted by molar-refractivity contribution is 0.0930. The number of aromatic amines is 1. The first kappa shape index (κ1) is 19.8. The van der Waals surface area contributed by atoms with E-state index in [0.29, 0.717) is 18.8 Å². The second-order valence-corrected chi connectivity index (χ2v) is 8.05. The fourth-order valence-corrected chi connectivity index (χ4v) is 4.71. The van der Waals surface area contributed by atoms with Gasteiger partial charge in [-0.1, -0.05) is 25.3 Å². The van der Waals surface area contributed by atoms with Gasteiger partial charge in [-0.25, -0.2) is 0 Å². The third-order valence-corrected chi connectivity index (χ3v) is 6.42. The molecule has 1 saturated carbocycles. The molecule has 4 rings (SSSR count). The minimum absolute atomic E-state index is 0.0952. The van der Waals surface area contributed by atoms with Crippen molar-refractivity contribution in [3.05, 3.63) is 40.7 Å². The Balaban J connectivity index is 1.56. The second-order valence-electron chi connectivity index (χ2n) is 8.05. The van der Waals surface area contributed by atoms with E-state index >= 15 is 0 Å². The number of ether oxygens (including phenoxy) is 2. The number of rotatable bonds is 6. The van der Waals surface area contributed by atoms with Crippen LogP contribution in [0.15, 0.2) is 18.2 Å². The zero-order valence-corrected chi connectivity index (χ0v) is 17.3. The van der Waals surface area contributed by atoms with Gasteiger partial charge in [0.05, 0.1) is 14.2 Å². The van der Waals surface area contributed by atoms with Crippen LogP contribution < -0.4 is 20.1 Å². The molecule has 1 fully saturated rings. The molecule has 1 aliphatic carbocycles. The Labute approximate surface area is 171 Å². The molecule has 0 saturated heterocycles. The number of methoxy groups -OCH3 is 2. The molecular formula is C22H30N4O3. The number of H-pyrrole nitrogens is 1. The van der Waals surface area contributed by atoms with Crippen LogP contribution in [0.2, 0.25) is 0 Å². The number of hydrogen-bond donors (Lipinski definition) is 3. The maximum absolute atomic E-state index is 13.0. The van der Waals surface area contributed by atoms with Crippen LogP contribution in [0.25, 0.3) is 0 Å². The number of carbonyl (C=O) groups is 1. The quantitative estimate of drug-likeness (QED) is 0.696. The van der Waals surface area contributed by atoms with Gasteiger partial charge in [-0.15, -0.1) is 0 Å². The Morgan fingerprint density at radius 2 is 1.97 bits per heavy atom. The standard InChI is InChI=1S/C22H30N4O3/c1-28-18-7-6-15(12-19(18)29-2)22(9-4-3-5-10-22)14-24-21(27)20-16-13-23-11-8-17(16)25-26-20/h6-7,12,23H,3-5,8-11,13-14H2,1-2H3,(H,24,27)(H,25,26). The van der Waals surface area contributed by atoms with Gasteiger partial charge in [0.15, 0.2) is 17.2 Å². The average molecular weight is 399 g/mol. The van der Waals surface area contributed by atoms with Crippen molar-refractivity contribution in [2.24, 2.45) is 0 Å². The fourth-order valence-electron chi connectivity index (χ4n) is 4.71. The predicted octanol–water partition coefficient (Wildman–Crippen LogP) is 2.70. The fraction of sp³-hybridized carbons (Fsp3) is 0.545. The van der Waals surface area contributed by atoms with Crippen LogP contribution in [0.5, 0.6) is 11.5 Å². The van der Waals surface area contributed by atoms with Crippen LogP contribution in [0, 0.1) is 0 Å². The first-order valence-electron chi connectivity index (χ1n) is 10.4. The predicted molar refractivity (Wildman–Crippen MR) is 111 cm³/mol. The van der Waals surface area contributed by atoms with Crippen LogP contribution in [0.4, 0.5) is 0 Å². The van der Waals surface area contributed by atoms with E-state index in [0.717, 1.165) is 61.4 Å². The number of nitrogens with one attached hydrogen (secondary N) is 3. The summed E-state index contributed by atoms with van der Waals surface area (Å²) in [5, 5.41) is 13.8. The van der Waals surface area contributed by atoms with Gasteiger partial charge in [-0.05, 0) is 30.5 Å². The van der Waals surface area contributed by atoms with Crippen molar-refractivity contribution in [3.63, 3.8) is 0 Å². The Morgan fingerprint density at radius 3 is 2.72 bits per heavy atom. The number of amides is 1. The molecule has 7 heteroatoms. The smallest absolute Gasteiger partial charge is 0.272 e. The molecule has 0 radical (unpaired) electrons. The van der Waals surface area contributed by atoms with Crippen LogP contribution in [0.1, 0.15) is 59.4 Å². The van der Waals surface area contributed by atoms with Gasteiger partial charge in [-0.3, -0.25) is 9.89 Å². The monoisotopic (exact) mass is 398 g/mol. The zero-order valence-electron chi connectivity index (χ0n) is 17.3. The lowest BCUT2D eigenvalue weighted by Gasteiger charge is -2.38. The van der Waals surface area contributed by atoms with Crippen molar-refractivity contribution < 1.29 is 14.3 Å². The van der Waals surface area contributed by atoms with Crippen molar-refractivity contribution >= 4 is 5.91 Å². The van der Waals surface area contributed by atoms with Gasteiger partial charge in [0.1, 0.15) is 0 Å². The number of fused-ring (bicyclic) bond motifs is 1. The van der Waals surface area contributed by atoms with Gasteiger partial charge < -0.3 is 20.1 Å². The van der Waals surface area contributed by atoms with E-state index in [1.165, 1.54) is 12.0 Å². The highest BCUT2D eigenvalue weighted by molar-refractivity contribution is 5.94. The molecule has 2 heterocycles. The van der Waals surface area contributed by atoms with E-state index in [1.807, 2.05) is 6.07 Å². The van der Waals surface area contributed by atoms with Gasteiger partial charge in [0, 0.05) is 42.7 Å². The third kappa shape index (κ3) is 3.83. The number of nitrogens with zero attached hydrogens (tertiary/aromatic N) is 1. The minimum Gasteiger partial charge on any atom is -0.493 e. The van der Waals surface area contributed by atoms with Crippen LogP contribution in [0.3, 0.4) is 0 Å². The average Bonchev–Trinajstić information content (AvgIpc) is 3.22. The molecule has 0 atom stereocenters. The number of carbonyl (C=O) groups excluding carboxylic acids is 1. The summed E-state index contributed by atoms with van der Waals surface area (Å²) in [6, 6.07) is 6.14. The van der Waals surface area contributed by atoms with Gasteiger partial charge >= 0.3 is 0 Å². The van der Waals surface area contributed by atoms with Crippen molar-refractivity contribution in [1.82, 2.24) is 20.8 Å². The molecule has 1 amide bonds. The van der Waals surface area contributed by atoms with Crippen molar-refractivity contribution in [2.45, 2.75) is 50.5 Å². The summed E-state index contributed by atoms with van der Waals surface area (Å²) >= 11 is 0. The maximum Gasteiger partial charge on any atom is 0.272 e. The summed E-state index contributed by atoms with van der Waals surface area (Å²) in [6.07, 6.45) is 6.52. The topological polar surface area (TPSA) is 88.3 Å². The molecule has 1 aromatic carbocycles. The zero-order chi connectivity index (χ0) is 20.3.